The Kier molecular flexibility index (Phi) is 7.56. The van der Waals surface area contributed by atoms with Crippen molar-refractivity contribution in [2.75, 3.05) is 17.8 Å². The molecule has 1 aliphatic rings. The van der Waals surface area contributed by atoms with Gasteiger partial charge in [0.15, 0.2) is 0 Å². The van der Waals surface area contributed by atoms with Gasteiger partial charge in [0.1, 0.15) is 6.04 Å². The lowest BCUT2D eigenvalue weighted by atomic mass is 10.1. The minimum Gasteiger partial charge on any atom is -0.354 e. The van der Waals surface area contributed by atoms with Gasteiger partial charge in [-0.15, -0.1) is 0 Å². The summed E-state index contributed by atoms with van der Waals surface area (Å²) in [4.78, 5) is 27.4. The van der Waals surface area contributed by atoms with E-state index < -0.39 is 16.1 Å². The Balaban J connectivity index is 1.67. The molecule has 8 heteroatoms. The van der Waals surface area contributed by atoms with Crippen LogP contribution in [0.3, 0.4) is 0 Å². The molecule has 0 radical (unpaired) electrons. The fraction of sp³-hybridized carbons (Fsp3) is 0.417. The molecule has 172 valence electrons. The number of hydrogen-bond donors (Lipinski definition) is 2. The van der Waals surface area contributed by atoms with E-state index in [0.717, 1.165) is 12.8 Å². The second kappa shape index (κ2) is 10.2. The normalized spacial score (nSPS) is 16.2. The van der Waals surface area contributed by atoms with Crippen molar-refractivity contribution in [1.82, 2.24) is 10.2 Å². The fourth-order valence-electron chi connectivity index (χ4n) is 3.80. The van der Waals surface area contributed by atoms with Gasteiger partial charge in [0.25, 0.3) is 15.9 Å². The van der Waals surface area contributed by atoms with Crippen molar-refractivity contribution in [1.29, 1.82) is 0 Å². The maximum atomic E-state index is 13.0. The summed E-state index contributed by atoms with van der Waals surface area (Å²) < 4.78 is 27.9. The maximum Gasteiger partial charge on any atom is 0.262 e. The first-order chi connectivity index (χ1) is 15.2. The lowest BCUT2D eigenvalue weighted by molar-refractivity contribution is -0.124. The molecule has 1 saturated heterocycles. The number of anilines is 1. The molecular formula is C24H31N3O4S. The lowest BCUT2D eigenvalue weighted by Gasteiger charge is -2.24. The molecular weight excluding hydrogens is 426 g/mol. The standard InChI is InChI=1S/C24H31N3O4S/c1-17(2)14-15-25-23(28)21-8-6-16-27(21)24(29)19-10-12-20(13-11-19)26-32(30,31)22-9-5-4-7-18(22)3/h4-5,7,9-13,17,21,26H,6,8,14-16H2,1-3H3,(H,25,28)/t21-/m0/s1. The second-order valence-corrected chi connectivity index (χ2v) is 10.2. The van der Waals surface area contributed by atoms with Gasteiger partial charge in [-0.3, -0.25) is 14.3 Å². The number of amides is 2. The Morgan fingerprint density at radius 3 is 2.44 bits per heavy atom. The number of likely N-dealkylation sites (tertiary alicyclic amines) is 1. The topological polar surface area (TPSA) is 95.6 Å². The van der Waals surface area contributed by atoms with Gasteiger partial charge in [-0.2, -0.15) is 0 Å². The van der Waals surface area contributed by atoms with Crippen molar-refractivity contribution < 1.29 is 18.0 Å². The predicted octanol–water partition coefficient (Wildman–Crippen LogP) is 3.56. The third kappa shape index (κ3) is 5.68. The number of aryl methyl sites for hydroxylation is 1. The monoisotopic (exact) mass is 457 g/mol. The van der Waals surface area contributed by atoms with Gasteiger partial charge in [-0.25, -0.2) is 8.42 Å². The third-order valence-electron chi connectivity index (χ3n) is 5.60. The zero-order valence-corrected chi connectivity index (χ0v) is 19.6. The molecule has 0 unspecified atom stereocenters. The fourth-order valence-corrected chi connectivity index (χ4v) is 5.10. The molecule has 2 aromatic rings. The van der Waals surface area contributed by atoms with E-state index in [1.807, 2.05) is 0 Å². The van der Waals surface area contributed by atoms with Crippen LogP contribution in [-0.4, -0.2) is 44.3 Å². The number of carbonyl (C=O) groups is 2. The van der Waals surface area contributed by atoms with Gasteiger partial charge in [-0.05, 0) is 68.0 Å². The van der Waals surface area contributed by atoms with E-state index in [2.05, 4.69) is 23.9 Å². The lowest BCUT2D eigenvalue weighted by Crippen LogP contribution is -2.46. The molecule has 1 fully saturated rings. The minimum atomic E-state index is -3.73. The first kappa shape index (κ1) is 23.8. The summed E-state index contributed by atoms with van der Waals surface area (Å²) >= 11 is 0. The Hall–Kier alpha value is -2.87. The van der Waals surface area contributed by atoms with E-state index in [1.54, 1.807) is 60.4 Å². The molecule has 0 bridgehead atoms. The predicted molar refractivity (Wildman–Crippen MR) is 125 cm³/mol. The van der Waals surface area contributed by atoms with Crippen molar-refractivity contribution in [2.45, 2.75) is 51.0 Å². The van der Waals surface area contributed by atoms with Gasteiger partial charge in [0, 0.05) is 24.3 Å². The molecule has 7 nitrogen and oxygen atoms in total. The maximum absolute atomic E-state index is 13.0. The molecule has 0 aromatic heterocycles. The van der Waals surface area contributed by atoms with Gasteiger partial charge >= 0.3 is 0 Å². The van der Waals surface area contributed by atoms with Crippen LogP contribution in [0, 0.1) is 12.8 Å². The average molecular weight is 458 g/mol. The molecule has 0 aliphatic carbocycles. The van der Waals surface area contributed by atoms with Gasteiger partial charge in [0.05, 0.1) is 4.90 Å². The highest BCUT2D eigenvalue weighted by Crippen LogP contribution is 2.23. The van der Waals surface area contributed by atoms with E-state index >= 15 is 0 Å². The number of rotatable bonds is 8. The molecule has 2 aromatic carbocycles. The van der Waals surface area contributed by atoms with Crippen LogP contribution in [0.5, 0.6) is 0 Å². The SMILES string of the molecule is Cc1ccccc1S(=O)(=O)Nc1ccc(C(=O)N2CCC[C@H]2C(=O)NCCC(C)C)cc1. The van der Waals surface area contributed by atoms with Crippen LogP contribution >= 0.6 is 0 Å². The number of sulfonamides is 1. The van der Waals surface area contributed by atoms with E-state index in [9.17, 15) is 18.0 Å². The number of nitrogens with zero attached hydrogens (tertiary/aromatic N) is 1. The van der Waals surface area contributed by atoms with Gasteiger partial charge < -0.3 is 10.2 Å². The van der Waals surface area contributed by atoms with Gasteiger partial charge in [-0.1, -0.05) is 32.0 Å². The van der Waals surface area contributed by atoms with Crippen LogP contribution in [0.25, 0.3) is 0 Å². The van der Waals surface area contributed by atoms with E-state index in [0.29, 0.717) is 42.2 Å². The molecule has 1 heterocycles. The molecule has 0 saturated carbocycles. The molecule has 3 rings (SSSR count). The molecule has 32 heavy (non-hydrogen) atoms. The molecule has 2 N–H and O–H groups in total. The van der Waals surface area contributed by atoms with Crippen LogP contribution in [0.15, 0.2) is 53.4 Å². The van der Waals surface area contributed by atoms with Crippen LogP contribution < -0.4 is 10.0 Å². The summed E-state index contributed by atoms with van der Waals surface area (Å²) in [5, 5.41) is 2.94. The second-order valence-electron chi connectivity index (χ2n) is 8.58. The van der Waals surface area contributed by atoms with Crippen molar-refractivity contribution >= 4 is 27.5 Å². The van der Waals surface area contributed by atoms with E-state index in [1.165, 1.54) is 0 Å². The van der Waals surface area contributed by atoms with Crippen LogP contribution in [0.2, 0.25) is 0 Å². The Labute approximate surface area is 190 Å². The number of carbonyl (C=O) groups excluding carboxylic acids is 2. The molecule has 0 spiro atoms. The van der Waals surface area contributed by atoms with Crippen LogP contribution in [0.4, 0.5) is 5.69 Å². The minimum absolute atomic E-state index is 0.112. The Morgan fingerprint density at radius 2 is 1.78 bits per heavy atom. The zero-order chi connectivity index (χ0) is 23.3. The Morgan fingerprint density at radius 1 is 1.09 bits per heavy atom. The average Bonchev–Trinajstić information content (AvgIpc) is 3.23. The smallest absolute Gasteiger partial charge is 0.262 e. The van der Waals surface area contributed by atoms with Crippen molar-refractivity contribution in [3.63, 3.8) is 0 Å². The third-order valence-corrected chi connectivity index (χ3v) is 7.15. The zero-order valence-electron chi connectivity index (χ0n) is 18.8. The van der Waals surface area contributed by atoms with Crippen molar-refractivity contribution in [3.8, 4) is 0 Å². The van der Waals surface area contributed by atoms with Gasteiger partial charge in [0.2, 0.25) is 5.91 Å². The van der Waals surface area contributed by atoms with Crippen LogP contribution in [-0.2, 0) is 14.8 Å². The summed E-state index contributed by atoms with van der Waals surface area (Å²) in [5.41, 5.74) is 1.44. The summed E-state index contributed by atoms with van der Waals surface area (Å²) in [6.07, 6.45) is 2.32. The highest BCUT2D eigenvalue weighted by atomic mass is 32.2. The van der Waals surface area contributed by atoms with E-state index in [-0.39, 0.29) is 16.7 Å². The van der Waals surface area contributed by atoms with Crippen molar-refractivity contribution in [3.05, 3.63) is 59.7 Å². The summed E-state index contributed by atoms with van der Waals surface area (Å²) in [6.45, 7) is 7.07. The number of hydrogen-bond acceptors (Lipinski definition) is 4. The largest absolute Gasteiger partial charge is 0.354 e. The van der Waals surface area contributed by atoms with Crippen molar-refractivity contribution in [2.24, 2.45) is 5.92 Å². The first-order valence-electron chi connectivity index (χ1n) is 11.0. The quantitative estimate of drug-likeness (QED) is 0.634. The molecule has 1 atom stereocenters. The van der Waals surface area contributed by atoms with E-state index in [4.69, 9.17) is 0 Å². The summed E-state index contributed by atoms with van der Waals surface area (Å²) in [5.74, 6) is 0.164. The summed E-state index contributed by atoms with van der Waals surface area (Å²) in [6, 6.07) is 12.6. The summed E-state index contributed by atoms with van der Waals surface area (Å²) in [7, 11) is -3.73. The number of benzene rings is 2. The highest BCUT2D eigenvalue weighted by molar-refractivity contribution is 7.92. The number of nitrogens with one attached hydrogen (secondary N) is 2. The highest BCUT2D eigenvalue weighted by Gasteiger charge is 2.34. The Bertz CT molecular complexity index is 1060. The molecule has 1 aliphatic heterocycles. The first-order valence-corrected chi connectivity index (χ1v) is 12.4. The van der Waals surface area contributed by atoms with Crippen LogP contribution in [0.1, 0.15) is 49.0 Å². The molecule has 2 amide bonds.